The second-order valence-corrected chi connectivity index (χ2v) is 3.00. The Kier molecular flexibility index (Phi) is 2.53. The van der Waals surface area contributed by atoms with Gasteiger partial charge in [-0.2, -0.15) is 0 Å². The second kappa shape index (κ2) is 3.34. The number of aliphatic carboxylic acids is 1. The average molecular weight is 202 g/mol. The molecule has 1 atom stereocenters. The number of carbonyl (C=O) groups is 1. The summed E-state index contributed by atoms with van der Waals surface area (Å²) in [6, 6.07) is 2.31. The van der Waals surface area contributed by atoms with Gasteiger partial charge in [-0.25, -0.2) is 13.6 Å². The molecule has 14 heavy (non-hydrogen) atoms. The van der Waals surface area contributed by atoms with Gasteiger partial charge < -0.3 is 10.2 Å². The van der Waals surface area contributed by atoms with Gasteiger partial charge in [0.2, 0.25) is 0 Å². The fourth-order valence-corrected chi connectivity index (χ4v) is 0.999. The predicted molar refractivity (Wildman–Crippen MR) is 43.6 cm³/mol. The largest absolute Gasteiger partial charge is 0.479 e. The second-order valence-electron chi connectivity index (χ2n) is 3.00. The van der Waals surface area contributed by atoms with Crippen LogP contribution >= 0.6 is 0 Å². The topological polar surface area (TPSA) is 57.5 Å². The number of hydrogen-bond donors (Lipinski definition) is 2. The molecule has 5 heteroatoms. The highest BCUT2D eigenvalue weighted by Crippen LogP contribution is 2.24. The van der Waals surface area contributed by atoms with Crippen LogP contribution in [0, 0.1) is 11.6 Å². The number of carboxylic acid groups (broad SMARTS) is 1. The molecule has 1 aromatic carbocycles. The molecule has 1 unspecified atom stereocenters. The van der Waals surface area contributed by atoms with Crippen LogP contribution < -0.4 is 0 Å². The third-order valence-electron chi connectivity index (χ3n) is 1.87. The van der Waals surface area contributed by atoms with E-state index in [0.29, 0.717) is 6.07 Å². The number of carboxylic acids is 1. The van der Waals surface area contributed by atoms with Crippen molar-refractivity contribution in [2.45, 2.75) is 12.5 Å². The van der Waals surface area contributed by atoms with E-state index in [-0.39, 0.29) is 0 Å². The Labute approximate surface area is 78.6 Å². The Morgan fingerprint density at radius 1 is 1.43 bits per heavy atom. The molecule has 3 nitrogen and oxygen atoms in total. The Morgan fingerprint density at radius 2 is 2.00 bits per heavy atom. The molecule has 0 saturated heterocycles. The van der Waals surface area contributed by atoms with Gasteiger partial charge in [-0.1, -0.05) is 0 Å². The summed E-state index contributed by atoms with van der Waals surface area (Å²) in [6.45, 7) is 0.922. The van der Waals surface area contributed by atoms with Gasteiger partial charge in [-0.15, -0.1) is 0 Å². The average Bonchev–Trinajstić information content (AvgIpc) is 2.02. The molecule has 1 aromatic rings. The molecule has 0 aliphatic carbocycles. The molecule has 2 N–H and O–H groups in total. The standard InChI is InChI=1S/C9H8F2O3/c1-9(14,8(12)13)6-3-2-5(10)4-7(6)11/h2-4,14H,1H3,(H,12,13). The molecule has 0 fully saturated rings. The quantitative estimate of drug-likeness (QED) is 0.758. The van der Waals surface area contributed by atoms with E-state index in [2.05, 4.69) is 0 Å². The minimum atomic E-state index is -2.35. The summed E-state index contributed by atoms with van der Waals surface area (Å²) in [5.74, 6) is -3.51. The first kappa shape index (κ1) is 10.6. The first-order chi connectivity index (χ1) is 6.35. The lowest BCUT2D eigenvalue weighted by Gasteiger charge is -2.18. The highest BCUT2D eigenvalue weighted by Gasteiger charge is 2.34. The van der Waals surface area contributed by atoms with E-state index < -0.39 is 28.8 Å². The number of hydrogen-bond acceptors (Lipinski definition) is 2. The van der Waals surface area contributed by atoms with Crippen LogP contribution in [-0.4, -0.2) is 16.2 Å². The Morgan fingerprint density at radius 3 is 2.43 bits per heavy atom. The van der Waals surface area contributed by atoms with Crippen LogP contribution in [0.4, 0.5) is 8.78 Å². The molecule has 0 aliphatic heterocycles. The minimum absolute atomic E-state index is 0.466. The van der Waals surface area contributed by atoms with Crippen molar-refractivity contribution >= 4 is 5.97 Å². The first-order valence-corrected chi connectivity index (χ1v) is 3.77. The fraction of sp³-hybridized carbons (Fsp3) is 0.222. The molecule has 0 aliphatic rings. The van der Waals surface area contributed by atoms with Crippen molar-refractivity contribution in [3.8, 4) is 0 Å². The van der Waals surface area contributed by atoms with Crippen molar-refractivity contribution < 1.29 is 23.8 Å². The summed E-state index contributed by atoms with van der Waals surface area (Å²) in [5.41, 5.74) is -2.82. The molecule has 76 valence electrons. The van der Waals surface area contributed by atoms with Gasteiger partial charge in [0.05, 0.1) is 0 Å². The third-order valence-corrected chi connectivity index (χ3v) is 1.87. The van der Waals surface area contributed by atoms with Crippen LogP contribution in [0.15, 0.2) is 18.2 Å². The lowest BCUT2D eigenvalue weighted by atomic mass is 9.96. The van der Waals surface area contributed by atoms with Gasteiger partial charge in [0, 0.05) is 11.6 Å². The number of rotatable bonds is 2. The van der Waals surface area contributed by atoms with Crippen LogP contribution in [0.25, 0.3) is 0 Å². The van der Waals surface area contributed by atoms with E-state index in [9.17, 15) is 18.7 Å². The van der Waals surface area contributed by atoms with Gasteiger partial charge >= 0.3 is 5.97 Å². The monoisotopic (exact) mass is 202 g/mol. The number of aliphatic hydroxyl groups is 1. The summed E-state index contributed by atoms with van der Waals surface area (Å²) in [6.07, 6.45) is 0. The van der Waals surface area contributed by atoms with Crippen molar-refractivity contribution in [2.75, 3.05) is 0 Å². The Bertz CT molecular complexity index is 374. The minimum Gasteiger partial charge on any atom is -0.479 e. The lowest BCUT2D eigenvalue weighted by Crippen LogP contribution is -2.32. The summed E-state index contributed by atoms with van der Waals surface area (Å²) in [7, 11) is 0. The predicted octanol–water partition coefficient (Wildman–Crippen LogP) is 1.26. The van der Waals surface area contributed by atoms with E-state index in [4.69, 9.17) is 5.11 Å². The van der Waals surface area contributed by atoms with Gasteiger partial charge in [0.15, 0.2) is 5.60 Å². The number of benzene rings is 1. The molecule has 0 spiro atoms. The molecule has 0 aromatic heterocycles. The SMILES string of the molecule is CC(O)(C(=O)O)c1ccc(F)cc1F. The van der Waals surface area contributed by atoms with E-state index in [0.717, 1.165) is 19.1 Å². The summed E-state index contributed by atoms with van der Waals surface area (Å²) >= 11 is 0. The Balaban J connectivity index is 3.26. The van der Waals surface area contributed by atoms with Crippen LogP contribution in [0.3, 0.4) is 0 Å². The maximum Gasteiger partial charge on any atom is 0.340 e. The molecule has 0 radical (unpaired) electrons. The fourth-order valence-electron chi connectivity index (χ4n) is 0.999. The van der Waals surface area contributed by atoms with E-state index in [1.54, 1.807) is 0 Å². The lowest BCUT2D eigenvalue weighted by molar-refractivity contribution is -0.157. The summed E-state index contributed by atoms with van der Waals surface area (Å²) in [4.78, 5) is 10.5. The highest BCUT2D eigenvalue weighted by molar-refractivity contribution is 5.78. The van der Waals surface area contributed by atoms with Gasteiger partial charge in [0.25, 0.3) is 0 Å². The Hall–Kier alpha value is -1.49. The first-order valence-electron chi connectivity index (χ1n) is 3.77. The van der Waals surface area contributed by atoms with Gasteiger partial charge in [-0.3, -0.25) is 0 Å². The maximum atomic E-state index is 13.0. The highest BCUT2D eigenvalue weighted by atomic mass is 19.1. The van der Waals surface area contributed by atoms with Crippen molar-refractivity contribution in [2.24, 2.45) is 0 Å². The van der Waals surface area contributed by atoms with Crippen LogP contribution in [0.2, 0.25) is 0 Å². The van der Waals surface area contributed by atoms with Crippen molar-refractivity contribution in [1.82, 2.24) is 0 Å². The van der Waals surface area contributed by atoms with E-state index in [1.165, 1.54) is 0 Å². The molecule has 0 bridgehead atoms. The zero-order valence-electron chi connectivity index (χ0n) is 7.29. The van der Waals surface area contributed by atoms with Gasteiger partial charge in [-0.05, 0) is 19.1 Å². The molecule has 0 amide bonds. The van der Waals surface area contributed by atoms with E-state index >= 15 is 0 Å². The maximum absolute atomic E-state index is 13.0. The third kappa shape index (κ3) is 1.72. The van der Waals surface area contributed by atoms with Crippen molar-refractivity contribution in [1.29, 1.82) is 0 Å². The zero-order valence-corrected chi connectivity index (χ0v) is 7.29. The van der Waals surface area contributed by atoms with Crippen molar-refractivity contribution in [3.63, 3.8) is 0 Å². The molecular weight excluding hydrogens is 194 g/mol. The van der Waals surface area contributed by atoms with E-state index in [1.807, 2.05) is 0 Å². The molecule has 1 rings (SSSR count). The smallest absolute Gasteiger partial charge is 0.340 e. The summed E-state index contributed by atoms with van der Waals surface area (Å²) in [5, 5.41) is 18.0. The van der Waals surface area contributed by atoms with Crippen molar-refractivity contribution in [3.05, 3.63) is 35.4 Å². The number of halogens is 2. The molecular formula is C9H8F2O3. The van der Waals surface area contributed by atoms with Gasteiger partial charge in [0.1, 0.15) is 11.6 Å². The van der Waals surface area contributed by atoms with Crippen LogP contribution in [0.5, 0.6) is 0 Å². The summed E-state index contributed by atoms with van der Waals surface area (Å²) < 4.78 is 25.5. The molecule has 0 heterocycles. The normalized spacial score (nSPS) is 14.9. The van der Waals surface area contributed by atoms with Crippen LogP contribution in [-0.2, 0) is 10.4 Å². The molecule has 0 saturated carbocycles. The zero-order chi connectivity index (χ0) is 10.9. The van der Waals surface area contributed by atoms with Crippen LogP contribution in [0.1, 0.15) is 12.5 Å².